The maximum absolute atomic E-state index is 13.8. The third-order valence-corrected chi connectivity index (χ3v) is 7.30. The summed E-state index contributed by atoms with van der Waals surface area (Å²) in [6.45, 7) is 0. The molecule has 0 unspecified atom stereocenters. The number of amides is 1. The van der Waals surface area contributed by atoms with Gasteiger partial charge in [0, 0.05) is 5.02 Å². The minimum absolute atomic E-state index is 0.00535. The Morgan fingerprint density at radius 1 is 1.00 bits per heavy atom. The van der Waals surface area contributed by atoms with E-state index in [4.69, 9.17) is 25.5 Å². The first-order valence-electron chi connectivity index (χ1n) is 10.7. The molecule has 0 saturated heterocycles. The molecule has 2 aromatic heterocycles. The second kappa shape index (κ2) is 8.11. The number of ether oxygens (including phenoxy) is 2. The third kappa shape index (κ3) is 3.29. The minimum Gasteiger partial charge on any atom is -0.493 e. The number of carbonyl (C=O) groups excluding carboxylic acids is 1. The Labute approximate surface area is 208 Å². The zero-order valence-corrected chi connectivity index (χ0v) is 20.1. The number of halogens is 1. The van der Waals surface area contributed by atoms with Crippen molar-refractivity contribution in [1.29, 1.82) is 0 Å². The molecule has 1 amide bonds. The van der Waals surface area contributed by atoms with Crippen molar-refractivity contribution in [2.75, 3.05) is 19.1 Å². The van der Waals surface area contributed by atoms with Gasteiger partial charge in [-0.1, -0.05) is 41.1 Å². The van der Waals surface area contributed by atoms with E-state index in [0.717, 1.165) is 4.70 Å². The van der Waals surface area contributed by atoms with Gasteiger partial charge < -0.3 is 13.9 Å². The maximum Gasteiger partial charge on any atom is 0.297 e. The van der Waals surface area contributed by atoms with Gasteiger partial charge in [-0.05, 0) is 48.0 Å². The fraction of sp³-hybridized carbons (Fsp3) is 0.115. The molecular formula is C26H17ClN2O5S. The molecule has 3 aromatic carbocycles. The average molecular weight is 505 g/mol. The molecule has 0 radical (unpaired) electrons. The molecule has 0 N–H and O–H groups in total. The zero-order chi connectivity index (χ0) is 24.3. The quantitative estimate of drug-likeness (QED) is 0.306. The van der Waals surface area contributed by atoms with E-state index in [-0.39, 0.29) is 16.8 Å². The predicted molar refractivity (Wildman–Crippen MR) is 135 cm³/mol. The summed E-state index contributed by atoms with van der Waals surface area (Å²) in [4.78, 5) is 33.7. The van der Waals surface area contributed by atoms with Crippen LogP contribution >= 0.6 is 22.9 Å². The standard InChI is InChI=1S/C26H17ClN2O5S/c1-32-18-10-7-13(11-19(18)33-2)22-21-23(30)15-5-3-4-6-17(15)34-24(21)25(31)29(22)26-28-16-9-8-14(27)12-20(16)35-26/h3-12,22H,1-2H3/t22-/m0/s1. The Bertz CT molecular complexity index is 1710. The molecule has 0 saturated carbocycles. The van der Waals surface area contributed by atoms with Gasteiger partial charge in [0.05, 0.1) is 41.4 Å². The average Bonchev–Trinajstić information content (AvgIpc) is 3.42. The molecule has 1 aliphatic heterocycles. The van der Waals surface area contributed by atoms with Crippen molar-refractivity contribution < 1.29 is 18.7 Å². The van der Waals surface area contributed by atoms with Gasteiger partial charge in [-0.25, -0.2) is 4.98 Å². The molecule has 0 aliphatic carbocycles. The summed E-state index contributed by atoms with van der Waals surface area (Å²) in [6.07, 6.45) is 0. The lowest BCUT2D eigenvalue weighted by Crippen LogP contribution is -2.29. The molecule has 3 heterocycles. The van der Waals surface area contributed by atoms with Crippen LogP contribution in [0.25, 0.3) is 21.2 Å². The lowest BCUT2D eigenvalue weighted by Gasteiger charge is -2.23. The van der Waals surface area contributed by atoms with Crippen LogP contribution in [0, 0.1) is 0 Å². The second-order valence-corrected chi connectivity index (χ2v) is 9.42. The van der Waals surface area contributed by atoms with Gasteiger partial charge in [0.1, 0.15) is 5.58 Å². The van der Waals surface area contributed by atoms with Crippen LogP contribution in [-0.2, 0) is 0 Å². The highest BCUT2D eigenvalue weighted by molar-refractivity contribution is 7.22. The number of rotatable bonds is 4. The minimum atomic E-state index is -0.769. The van der Waals surface area contributed by atoms with Gasteiger partial charge in [-0.2, -0.15) is 0 Å². The lowest BCUT2D eigenvalue weighted by molar-refractivity contribution is 0.0971. The fourth-order valence-corrected chi connectivity index (χ4v) is 5.71. The first-order valence-corrected chi connectivity index (χ1v) is 11.9. The highest BCUT2D eigenvalue weighted by atomic mass is 35.5. The number of carbonyl (C=O) groups is 1. The SMILES string of the molecule is COc1ccc([C@H]2c3c(oc4ccccc4c3=O)C(=O)N2c2nc3ccc(Cl)cc3s2)cc1OC. The first-order chi connectivity index (χ1) is 17.0. The smallest absolute Gasteiger partial charge is 0.297 e. The summed E-state index contributed by atoms with van der Waals surface area (Å²) >= 11 is 7.49. The van der Waals surface area contributed by atoms with Gasteiger partial charge in [-0.3, -0.25) is 14.5 Å². The molecule has 9 heteroatoms. The van der Waals surface area contributed by atoms with Crippen LogP contribution in [0.1, 0.15) is 27.7 Å². The summed E-state index contributed by atoms with van der Waals surface area (Å²) in [5, 5.41) is 1.41. The van der Waals surface area contributed by atoms with E-state index < -0.39 is 11.9 Å². The number of fused-ring (bicyclic) bond motifs is 3. The topological polar surface area (TPSA) is 81.9 Å². The molecule has 0 fully saturated rings. The molecule has 0 spiro atoms. The van der Waals surface area contributed by atoms with E-state index in [2.05, 4.69) is 4.98 Å². The highest BCUT2D eigenvalue weighted by Crippen LogP contribution is 2.45. The van der Waals surface area contributed by atoms with Crippen LogP contribution in [0.3, 0.4) is 0 Å². The van der Waals surface area contributed by atoms with Crippen molar-refractivity contribution in [1.82, 2.24) is 4.98 Å². The van der Waals surface area contributed by atoms with Crippen molar-refractivity contribution in [3.63, 3.8) is 0 Å². The van der Waals surface area contributed by atoms with E-state index in [1.54, 1.807) is 67.8 Å². The fourth-order valence-electron chi connectivity index (χ4n) is 4.44. The summed E-state index contributed by atoms with van der Waals surface area (Å²) in [5.41, 5.74) is 1.72. The van der Waals surface area contributed by atoms with E-state index in [1.165, 1.54) is 23.3 Å². The summed E-state index contributed by atoms with van der Waals surface area (Å²) in [5.74, 6) is 0.582. The molecule has 35 heavy (non-hydrogen) atoms. The van der Waals surface area contributed by atoms with Crippen LogP contribution in [0.15, 0.2) is 69.9 Å². The Hall–Kier alpha value is -3.88. The van der Waals surface area contributed by atoms with Crippen molar-refractivity contribution in [2.45, 2.75) is 6.04 Å². The number of methoxy groups -OCH3 is 2. The van der Waals surface area contributed by atoms with Crippen LogP contribution in [0.5, 0.6) is 11.5 Å². The van der Waals surface area contributed by atoms with E-state index in [9.17, 15) is 9.59 Å². The Morgan fingerprint density at radius 3 is 2.60 bits per heavy atom. The predicted octanol–water partition coefficient (Wildman–Crippen LogP) is 5.82. The van der Waals surface area contributed by atoms with Crippen molar-refractivity contribution >= 4 is 55.2 Å². The van der Waals surface area contributed by atoms with Gasteiger partial charge in [0.2, 0.25) is 5.76 Å². The monoisotopic (exact) mass is 504 g/mol. The molecule has 1 aliphatic rings. The normalized spacial score (nSPS) is 15.1. The van der Waals surface area contributed by atoms with E-state index in [1.807, 2.05) is 0 Å². The first kappa shape index (κ1) is 21.6. The number of thiazole rings is 1. The number of benzene rings is 3. The number of para-hydroxylation sites is 1. The number of hydrogen-bond acceptors (Lipinski definition) is 7. The third-order valence-electron chi connectivity index (χ3n) is 6.05. The Morgan fingerprint density at radius 2 is 1.80 bits per heavy atom. The summed E-state index contributed by atoms with van der Waals surface area (Å²) in [6, 6.07) is 16.8. The van der Waals surface area contributed by atoms with Crippen LogP contribution in [0.2, 0.25) is 5.02 Å². The highest BCUT2D eigenvalue weighted by Gasteiger charge is 2.45. The molecule has 0 bridgehead atoms. The van der Waals surface area contributed by atoms with Gasteiger partial charge in [-0.15, -0.1) is 0 Å². The van der Waals surface area contributed by atoms with Crippen molar-refractivity contribution in [3.05, 3.63) is 92.8 Å². The molecule has 1 atom stereocenters. The number of hydrogen-bond donors (Lipinski definition) is 0. The molecular weight excluding hydrogens is 488 g/mol. The van der Waals surface area contributed by atoms with Crippen LogP contribution < -0.4 is 19.8 Å². The summed E-state index contributed by atoms with van der Waals surface area (Å²) < 4.78 is 17.7. The van der Waals surface area contributed by atoms with Gasteiger partial charge in [0.15, 0.2) is 22.1 Å². The zero-order valence-electron chi connectivity index (χ0n) is 18.6. The maximum atomic E-state index is 13.8. The van der Waals surface area contributed by atoms with E-state index in [0.29, 0.717) is 43.7 Å². The molecule has 7 nitrogen and oxygen atoms in total. The largest absolute Gasteiger partial charge is 0.493 e. The van der Waals surface area contributed by atoms with Gasteiger partial charge >= 0.3 is 0 Å². The van der Waals surface area contributed by atoms with Crippen molar-refractivity contribution in [2.24, 2.45) is 0 Å². The number of aromatic nitrogens is 1. The Kier molecular flexibility index (Phi) is 5.01. The number of anilines is 1. The summed E-state index contributed by atoms with van der Waals surface area (Å²) in [7, 11) is 3.08. The van der Waals surface area contributed by atoms with E-state index >= 15 is 0 Å². The number of nitrogens with zero attached hydrogens (tertiary/aromatic N) is 2. The van der Waals surface area contributed by atoms with Gasteiger partial charge in [0.25, 0.3) is 5.91 Å². The molecule has 5 aromatic rings. The second-order valence-electron chi connectivity index (χ2n) is 7.97. The Balaban J connectivity index is 1.63. The van der Waals surface area contributed by atoms with Crippen molar-refractivity contribution in [3.8, 4) is 11.5 Å². The van der Waals surface area contributed by atoms with Crippen LogP contribution in [0.4, 0.5) is 5.13 Å². The molecule has 6 rings (SSSR count). The molecule has 174 valence electrons. The lowest BCUT2D eigenvalue weighted by atomic mass is 9.98. The van der Waals surface area contributed by atoms with Crippen LogP contribution in [-0.4, -0.2) is 25.1 Å².